The molecule has 11 rings (SSSR count). The molecule has 0 saturated carbocycles. The second kappa shape index (κ2) is 22.8. The first-order valence-corrected chi connectivity index (χ1v) is 25.6. The van der Waals surface area contributed by atoms with Crippen LogP contribution >= 0.6 is 31.8 Å². The van der Waals surface area contributed by atoms with Crippen molar-refractivity contribution >= 4 is 104 Å². The van der Waals surface area contributed by atoms with Crippen LogP contribution in [0.25, 0.3) is 44.2 Å². The van der Waals surface area contributed by atoms with Crippen LogP contribution in [-0.2, 0) is 17.1 Å². The van der Waals surface area contributed by atoms with Crippen LogP contribution in [0.15, 0.2) is 229 Å². The summed E-state index contributed by atoms with van der Waals surface area (Å²) >= 11 is 3.44. The molecule has 0 atom stereocenters. The van der Waals surface area contributed by atoms with Gasteiger partial charge in [-0.3, -0.25) is 9.97 Å². The van der Waals surface area contributed by atoms with E-state index in [0.29, 0.717) is 11.4 Å². The van der Waals surface area contributed by atoms with Crippen molar-refractivity contribution in [2.24, 2.45) is 0 Å². The summed E-state index contributed by atoms with van der Waals surface area (Å²) in [7, 11) is -8.56. The number of phenolic OH excluding ortho intramolecular Hbond substituents is 1. The van der Waals surface area contributed by atoms with E-state index in [2.05, 4.69) is 201 Å². The molecule has 0 radical (unpaired) electrons. The van der Waals surface area contributed by atoms with Gasteiger partial charge in [-0.05, 0) is 115 Å². The number of para-hydroxylation sites is 2. The molecule has 0 fully saturated rings. The maximum absolute atomic E-state index is 10.2. The molecule has 70 heavy (non-hydrogen) atoms. The van der Waals surface area contributed by atoms with E-state index >= 15 is 0 Å². The van der Waals surface area contributed by atoms with Crippen molar-refractivity contribution in [1.29, 1.82) is 0 Å². The first-order chi connectivity index (χ1) is 33.6. The zero-order valence-corrected chi connectivity index (χ0v) is 41.4. The number of fused-ring (bicyclic) bond motifs is 6. The van der Waals surface area contributed by atoms with Crippen LogP contribution in [0.1, 0.15) is 0 Å². The van der Waals surface area contributed by atoms with Crippen LogP contribution in [0.4, 0.5) is 17.3 Å². The van der Waals surface area contributed by atoms with Gasteiger partial charge in [0.2, 0.25) is 0 Å². The zero-order chi connectivity index (χ0) is 47.7. The molecule has 8 aromatic carbocycles. The minimum Gasteiger partial charge on any atom is -0.507 e. The Labute approximate surface area is 423 Å². The average Bonchev–Trinajstić information content (AvgIpc) is 3.83. The molecule has 15 heteroatoms. The van der Waals surface area contributed by atoms with E-state index in [-0.39, 0.29) is 22.8 Å². The number of pyridine rings is 2. The summed E-state index contributed by atoms with van der Waals surface area (Å²) in [6.45, 7) is 0. The SMILES string of the molecule is F[B-](F)(F)F.Oc1ccc(Br)cc1-c1nc2c3cccnc3c3ncccc3c2[nH]1.[Cu+].c1ccc([PH+](c2ccccc2)c2ccccc2Oc2ccccc2[PH+](c2ccccc2)c2ccccc2)cc1. The van der Waals surface area contributed by atoms with Crippen molar-refractivity contribution in [3.8, 4) is 28.6 Å². The monoisotopic (exact) mass is 1080 g/mol. The van der Waals surface area contributed by atoms with Crippen LogP contribution in [0, 0.1) is 0 Å². The molecular weight excluding hydrogens is 1040 g/mol. The summed E-state index contributed by atoms with van der Waals surface area (Å²) in [4.78, 5) is 17.1. The van der Waals surface area contributed by atoms with Crippen molar-refractivity contribution in [3.63, 3.8) is 0 Å². The van der Waals surface area contributed by atoms with Gasteiger partial charge in [0.15, 0.2) is 11.5 Å². The number of benzene rings is 8. The summed E-state index contributed by atoms with van der Waals surface area (Å²) in [5.41, 5.74) is 4.00. The molecule has 0 aliphatic carbocycles. The number of rotatable bonds is 9. The molecule has 0 spiro atoms. The molecular formula is C55H41BBrCuF4N4O2P2+2. The van der Waals surface area contributed by atoms with Gasteiger partial charge in [0.25, 0.3) is 0 Å². The first-order valence-electron chi connectivity index (χ1n) is 21.8. The zero-order valence-electron chi connectivity index (χ0n) is 36.8. The maximum Gasteiger partial charge on any atom is 1.00 e. The number of phenols is 1. The Morgan fingerprint density at radius 1 is 0.486 bits per heavy atom. The molecule has 11 aromatic rings. The molecule has 0 saturated heterocycles. The molecule has 2 N–H and O–H groups in total. The molecule has 0 aliphatic heterocycles. The number of hydrogen-bond acceptors (Lipinski definition) is 5. The van der Waals surface area contributed by atoms with Crippen molar-refractivity contribution in [1.82, 2.24) is 19.9 Å². The number of hydrogen-bond donors (Lipinski definition) is 2. The van der Waals surface area contributed by atoms with Crippen LogP contribution in [0.5, 0.6) is 17.2 Å². The van der Waals surface area contributed by atoms with E-state index in [1.165, 1.54) is 31.8 Å². The van der Waals surface area contributed by atoms with Gasteiger partial charge in [-0.15, -0.1) is 0 Å². The smallest absolute Gasteiger partial charge is 0.507 e. The molecule has 0 aliphatic rings. The van der Waals surface area contributed by atoms with Gasteiger partial charge in [0.05, 0.1) is 27.6 Å². The fourth-order valence-electron chi connectivity index (χ4n) is 8.19. The van der Waals surface area contributed by atoms with Gasteiger partial charge < -0.3 is 32.1 Å². The third kappa shape index (κ3) is 11.7. The van der Waals surface area contributed by atoms with Gasteiger partial charge in [-0.1, -0.05) is 113 Å². The molecule has 3 aromatic heterocycles. The van der Waals surface area contributed by atoms with Crippen LogP contribution in [-0.4, -0.2) is 32.3 Å². The Morgan fingerprint density at radius 3 is 1.34 bits per heavy atom. The molecule has 0 bridgehead atoms. The summed E-state index contributed by atoms with van der Waals surface area (Å²) in [6.07, 6.45) is 3.52. The summed E-state index contributed by atoms with van der Waals surface area (Å²) in [6, 6.07) is 73.6. The number of ether oxygens (including phenoxy) is 1. The Hall–Kier alpha value is -6.71. The number of aromatic hydroxyl groups is 1. The fourth-order valence-corrected chi connectivity index (χ4v) is 13.8. The molecule has 0 unspecified atom stereocenters. The molecule has 3 heterocycles. The molecule has 6 nitrogen and oxygen atoms in total. The van der Waals surface area contributed by atoms with E-state index in [9.17, 15) is 22.4 Å². The summed E-state index contributed by atoms with van der Waals surface area (Å²) < 4.78 is 46.8. The number of aromatic amines is 1. The summed E-state index contributed by atoms with van der Waals surface area (Å²) in [5, 5.41) is 20.0. The number of halogens is 5. The third-order valence-electron chi connectivity index (χ3n) is 11.1. The second-order valence-electron chi connectivity index (χ2n) is 15.6. The van der Waals surface area contributed by atoms with E-state index in [4.69, 9.17) is 9.72 Å². The standard InChI is InChI=1S/C36H28OP2.C19H11BrN4O.BF4.Cu/c1-5-17-29(18-6-1)38(30-19-7-2-8-20-30)35-27-15-13-25-33(35)37-34-26-14-16-28-36(34)39(31-21-9-3-10-22-31)32-23-11-4-12-24-32;20-10-5-6-14(25)13(9-10)19-23-17-11-3-1-7-21-15(11)16-12(18(17)24-19)4-2-8-22-16;2-1(3,4)5;/h1-28H;1-9,25H,(H,23,24);;/q;;-1;+1/p+2. The molecule has 0 amide bonds. The predicted molar refractivity (Wildman–Crippen MR) is 285 cm³/mol. The van der Waals surface area contributed by atoms with Gasteiger partial charge in [-0.2, -0.15) is 0 Å². The Balaban J connectivity index is 0.000000182. The predicted octanol–water partition coefficient (Wildman–Crippen LogP) is 12.6. The van der Waals surface area contributed by atoms with Crippen LogP contribution in [0.2, 0.25) is 0 Å². The van der Waals surface area contributed by atoms with E-state index in [1.54, 1.807) is 24.5 Å². The van der Waals surface area contributed by atoms with Crippen molar-refractivity contribution < 1.29 is 44.2 Å². The topological polar surface area (TPSA) is 83.9 Å². The maximum atomic E-state index is 10.2. The fraction of sp³-hybridized carbons (Fsp3) is 0. The second-order valence-corrected chi connectivity index (χ2v) is 21.4. The van der Waals surface area contributed by atoms with Gasteiger partial charge in [0, 0.05) is 27.6 Å². The van der Waals surface area contributed by atoms with Crippen LogP contribution < -0.4 is 36.6 Å². The van der Waals surface area contributed by atoms with E-state index in [0.717, 1.165) is 48.8 Å². The minimum atomic E-state index is -6.00. The minimum absolute atomic E-state index is 0. The normalized spacial score (nSPS) is 11.1. The average molecular weight is 1080 g/mol. The Morgan fingerprint density at radius 2 is 0.886 bits per heavy atom. The van der Waals surface area contributed by atoms with Crippen LogP contribution in [0.3, 0.4) is 0 Å². The molecule has 350 valence electrons. The Bertz CT molecular complexity index is 3210. The van der Waals surface area contributed by atoms with E-state index < -0.39 is 23.1 Å². The van der Waals surface area contributed by atoms with E-state index in [1.807, 2.05) is 30.3 Å². The largest absolute Gasteiger partial charge is 1.00 e. The van der Waals surface area contributed by atoms with Crippen molar-refractivity contribution in [2.75, 3.05) is 0 Å². The number of aromatic nitrogens is 4. The quantitative estimate of drug-likeness (QED) is 0.0651. The number of H-pyrrole nitrogens is 1. The van der Waals surface area contributed by atoms with Crippen molar-refractivity contribution in [2.45, 2.75) is 0 Å². The summed E-state index contributed by atoms with van der Waals surface area (Å²) in [5.74, 6) is 2.63. The van der Waals surface area contributed by atoms with Crippen molar-refractivity contribution in [3.05, 3.63) is 229 Å². The van der Waals surface area contributed by atoms with Gasteiger partial charge in [0.1, 0.15) is 59.2 Å². The number of nitrogens with zero attached hydrogens (tertiary/aromatic N) is 3. The third-order valence-corrected chi connectivity index (χ3v) is 17.1. The Kier molecular flexibility index (Phi) is 16.2. The first kappa shape index (κ1) is 49.7. The number of imidazole rings is 1. The number of nitrogens with one attached hydrogen (secondary N) is 1. The van der Waals surface area contributed by atoms with Gasteiger partial charge in [-0.25, -0.2) is 4.98 Å². The van der Waals surface area contributed by atoms with Gasteiger partial charge >= 0.3 is 24.3 Å².